The second kappa shape index (κ2) is 4.31. The summed E-state index contributed by atoms with van der Waals surface area (Å²) in [6, 6.07) is 7.27. The number of para-hydroxylation sites is 1. The molecular weight excluding hydrogens is 190 g/mol. The van der Waals surface area contributed by atoms with Crippen molar-refractivity contribution in [1.29, 1.82) is 0 Å². The number of urea groups is 1. The highest BCUT2D eigenvalue weighted by Gasteiger charge is 2.17. The van der Waals surface area contributed by atoms with E-state index in [1.54, 1.807) is 0 Å². The van der Waals surface area contributed by atoms with Crippen LogP contribution < -0.4 is 16.6 Å². The molecule has 1 aromatic carbocycles. The van der Waals surface area contributed by atoms with Gasteiger partial charge in [0.2, 0.25) is 0 Å². The van der Waals surface area contributed by atoms with Gasteiger partial charge in [0.25, 0.3) is 0 Å². The standard InChI is InChI=1S/C11H17N3O/c1-11(2,3)8-6-4-5-7-9(8)13-10(15)14-12/h4-7H,12H2,1-3H3,(H2,13,14,15). The number of amides is 2. The monoisotopic (exact) mass is 207 g/mol. The lowest BCUT2D eigenvalue weighted by Crippen LogP contribution is -2.35. The van der Waals surface area contributed by atoms with Gasteiger partial charge in [-0.15, -0.1) is 0 Å². The SMILES string of the molecule is CC(C)(C)c1ccccc1NC(=O)NN. The number of nitrogens with one attached hydrogen (secondary N) is 2. The zero-order valence-corrected chi connectivity index (χ0v) is 9.29. The van der Waals surface area contributed by atoms with E-state index in [2.05, 4.69) is 26.1 Å². The van der Waals surface area contributed by atoms with Crippen LogP contribution in [0, 0.1) is 0 Å². The van der Waals surface area contributed by atoms with Crippen molar-refractivity contribution >= 4 is 11.7 Å². The predicted octanol–water partition coefficient (Wildman–Crippen LogP) is 1.98. The van der Waals surface area contributed by atoms with Gasteiger partial charge in [-0.05, 0) is 17.0 Å². The number of carbonyl (C=O) groups is 1. The zero-order valence-electron chi connectivity index (χ0n) is 9.29. The van der Waals surface area contributed by atoms with Crippen LogP contribution in [0.4, 0.5) is 10.5 Å². The Kier molecular flexibility index (Phi) is 3.31. The molecule has 4 heteroatoms. The molecule has 0 aliphatic rings. The van der Waals surface area contributed by atoms with Crippen molar-refractivity contribution in [3.05, 3.63) is 29.8 Å². The van der Waals surface area contributed by atoms with E-state index >= 15 is 0 Å². The van der Waals surface area contributed by atoms with Gasteiger partial charge in [-0.2, -0.15) is 0 Å². The normalized spacial score (nSPS) is 10.9. The number of benzene rings is 1. The maximum atomic E-state index is 11.1. The molecule has 4 nitrogen and oxygen atoms in total. The summed E-state index contributed by atoms with van der Waals surface area (Å²) < 4.78 is 0. The minimum absolute atomic E-state index is 0.0154. The van der Waals surface area contributed by atoms with Gasteiger partial charge in [-0.25, -0.2) is 10.6 Å². The first-order valence-electron chi connectivity index (χ1n) is 4.82. The second-order valence-corrected chi connectivity index (χ2v) is 4.39. The number of rotatable bonds is 1. The van der Waals surface area contributed by atoms with Gasteiger partial charge >= 0.3 is 6.03 Å². The van der Waals surface area contributed by atoms with E-state index in [0.29, 0.717) is 0 Å². The third-order valence-corrected chi connectivity index (χ3v) is 2.11. The van der Waals surface area contributed by atoms with Crippen LogP contribution in [0.25, 0.3) is 0 Å². The van der Waals surface area contributed by atoms with E-state index in [1.165, 1.54) is 0 Å². The van der Waals surface area contributed by atoms with Crippen molar-refractivity contribution in [3.63, 3.8) is 0 Å². The lowest BCUT2D eigenvalue weighted by molar-refractivity contribution is 0.252. The van der Waals surface area contributed by atoms with E-state index < -0.39 is 6.03 Å². The molecule has 0 aromatic heterocycles. The van der Waals surface area contributed by atoms with Gasteiger partial charge in [-0.3, -0.25) is 5.43 Å². The molecule has 1 aromatic rings. The summed E-state index contributed by atoms with van der Waals surface area (Å²) in [6.45, 7) is 6.27. The third-order valence-electron chi connectivity index (χ3n) is 2.11. The first-order valence-corrected chi connectivity index (χ1v) is 4.82. The van der Waals surface area contributed by atoms with Crippen LogP contribution in [0.2, 0.25) is 0 Å². The average molecular weight is 207 g/mol. The van der Waals surface area contributed by atoms with Crippen molar-refractivity contribution in [1.82, 2.24) is 5.43 Å². The first-order chi connectivity index (χ1) is 6.95. The van der Waals surface area contributed by atoms with Crippen LogP contribution in [0.5, 0.6) is 0 Å². The molecule has 0 radical (unpaired) electrons. The molecule has 1 rings (SSSR count). The van der Waals surface area contributed by atoms with Crippen LogP contribution in [0.1, 0.15) is 26.3 Å². The lowest BCUT2D eigenvalue weighted by Gasteiger charge is -2.22. The summed E-state index contributed by atoms with van der Waals surface area (Å²) in [4.78, 5) is 11.1. The van der Waals surface area contributed by atoms with E-state index in [1.807, 2.05) is 29.7 Å². The van der Waals surface area contributed by atoms with E-state index in [4.69, 9.17) is 5.84 Å². The van der Waals surface area contributed by atoms with Crippen molar-refractivity contribution in [3.8, 4) is 0 Å². The van der Waals surface area contributed by atoms with Gasteiger partial charge < -0.3 is 5.32 Å². The summed E-state index contributed by atoms with van der Waals surface area (Å²) in [5.74, 6) is 5.02. The van der Waals surface area contributed by atoms with E-state index in [-0.39, 0.29) is 5.41 Å². The summed E-state index contributed by atoms with van der Waals surface area (Å²) in [7, 11) is 0. The molecule has 0 saturated carbocycles. The van der Waals surface area contributed by atoms with Crippen LogP contribution in [0.15, 0.2) is 24.3 Å². The molecule has 4 N–H and O–H groups in total. The van der Waals surface area contributed by atoms with Gasteiger partial charge in [0.15, 0.2) is 0 Å². The maximum Gasteiger partial charge on any atom is 0.333 e. The van der Waals surface area contributed by atoms with Gasteiger partial charge in [0.05, 0.1) is 0 Å². The molecule has 0 heterocycles. The van der Waals surface area contributed by atoms with Crippen molar-refractivity contribution in [2.45, 2.75) is 26.2 Å². The molecule has 0 unspecified atom stereocenters. The molecule has 15 heavy (non-hydrogen) atoms. The fraction of sp³-hybridized carbons (Fsp3) is 0.364. The van der Waals surface area contributed by atoms with Crippen molar-refractivity contribution in [2.75, 3.05) is 5.32 Å². The summed E-state index contributed by atoms with van der Waals surface area (Å²) in [6.07, 6.45) is 0. The number of hydrazine groups is 1. The Balaban J connectivity index is 3.02. The minimum atomic E-state index is -0.410. The molecule has 0 aliphatic heterocycles. The van der Waals surface area contributed by atoms with Crippen LogP contribution >= 0.6 is 0 Å². The largest absolute Gasteiger partial charge is 0.333 e. The van der Waals surface area contributed by atoms with Crippen molar-refractivity contribution in [2.24, 2.45) is 5.84 Å². The number of anilines is 1. The molecule has 0 saturated heterocycles. The fourth-order valence-electron chi connectivity index (χ4n) is 1.40. The highest BCUT2D eigenvalue weighted by molar-refractivity contribution is 5.89. The highest BCUT2D eigenvalue weighted by atomic mass is 16.2. The maximum absolute atomic E-state index is 11.1. The summed E-state index contributed by atoms with van der Waals surface area (Å²) >= 11 is 0. The molecule has 82 valence electrons. The van der Waals surface area contributed by atoms with Crippen LogP contribution in [-0.2, 0) is 5.41 Å². The fourth-order valence-corrected chi connectivity index (χ4v) is 1.40. The zero-order chi connectivity index (χ0) is 11.5. The summed E-state index contributed by atoms with van der Waals surface area (Å²) in [5, 5.41) is 2.69. The Labute approximate surface area is 89.8 Å². The Bertz CT molecular complexity index is 355. The number of nitrogens with two attached hydrogens (primary N) is 1. The van der Waals surface area contributed by atoms with Gasteiger partial charge in [0.1, 0.15) is 0 Å². The summed E-state index contributed by atoms with van der Waals surface area (Å²) in [5.41, 5.74) is 3.89. The third kappa shape index (κ3) is 2.95. The average Bonchev–Trinajstić information content (AvgIpc) is 2.17. The first kappa shape index (κ1) is 11.5. The van der Waals surface area contributed by atoms with Crippen LogP contribution in [-0.4, -0.2) is 6.03 Å². The Morgan fingerprint density at radius 3 is 2.40 bits per heavy atom. The number of carbonyl (C=O) groups excluding carboxylic acids is 1. The van der Waals surface area contributed by atoms with Gasteiger partial charge in [-0.1, -0.05) is 39.0 Å². The molecule has 0 aliphatic carbocycles. The predicted molar refractivity (Wildman–Crippen MR) is 61.5 cm³/mol. The Morgan fingerprint density at radius 1 is 1.27 bits per heavy atom. The quantitative estimate of drug-likeness (QED) is 0.374. The highest BCUT2D eigenvalue weighted by Crippen LogP contribution is 2.28. The van der Waals surface area contributed by atoms with E-state index in [0.717, 1.165) is 11.3 Å². The Morgan fingerprint density at radius 2 is 1.87 bits per heavy atom. The molecule has 0 atom stereocenters. The van der Waals surface area contributed by atoms with Gasteiger partial charge in [0, 0.05) is 5.69 Å². The van der Waals surface area contributed by atoms with E-state index in [9.17, 15) is 4.79 Å². The van der Waals surface area contributed by atoms with Crippen molar-refractivity contribution < 1.29 is 4.79 Å². The topological polar surface area (TPSA) is 67.2 Å². The molecule has 2 amide bonds. The molecule has 0 fully saturated rings. The molecular formula is C11H17N3O. The minimum Gasteiger partial charge on any atom is -0.307 e. The second-order valence-electron chi connectivity index (χ2n) is 4.39. The molecule has 0 spiro atoms. The smallest absolute Gasteiger partial charge is 0.307 e. The van der Waals surface area contributed by atoms with Crippen LogP contribution in [0.3, 0.4) is 0 Å². The number of hydrogen-bond donors (Lipinski definition) is 3. The lowest BCUT2D eigenvalue weighted by atomic mass is 9.86. The number of hydrogen-bond acceptors (Lipinski definition) is 2. The molecule has 0 bridgehead atoms. The Hall–Kier alpha value is -1.55.